The lowest BCUT2D eigenvalue weighted by Crippen LogP contribution is -2.15. The normalized spacial score (nSPS) is 10.1. The second kappa shape index (κ2) is 5.65. The van der Waals surface area contributed by atoms with E-state index in [1.165, 1.54) is 6.07 Å². The van der Waals surface area contributed by atoms with Crippen molar-refractivity contribution in [2.75, 3.05) is 5.32 Å². The van der Waals surface area contributed by atoms with E-state index in [-0.39, 0.29) is 18.1 Å². The van der Waals surface area contributed by atoms with Crippen molar-refractivity contribution in [3.63, 3.8) is 0 Å². The molecule has 0 saturated heterocycles. The van der Waals surface area contributed by atoms with Crippen LogP contribution in [-0.2, 0) is 11.2 Å². The average molecular weight is 264 g/mol. The summed E-state index contributed by atoms with van der Waals surface area (Å²) >= 11 is 5.74. The average Bonchev–Trinajstić information content (AvgIpc) is 2.35. The summed E-state index contributed by atoms with van der Waals surface area (Å²) < 4.78 is 13.3. The highest BCUT2D eigenvalue weighted by molar-refractivity contribution is 6.30. The Balaban J connectivity index is 2.01. The van der Waals surface area contributed by atoms with Gasteiger partial charge in [-0.05, 0) is 35.9 Å². The summed E-state index contributed by atoms with van der Waals surface area (Å²) in [6, 6.07) is 13.0. The highest BCUT2D eigenvalue weighted by atomic mass is 35.5. The minimum atomic E-state index is -0.372. The molecule has 2 nitrogen and oxygen atoms in total. The van der Waals surface area contributed by atoms with Crippen molar-refractivity contribution in [3.8, 4) is 0 Å². The Labute approximate surface area is 109 Å². The van der Waals surface area contributed by atoms with Gasteiger partial charge in [0.1, 0.15) is 5.82 Å². The molecule has 1 amide bonds. The zero-order valence-corrected chi connectivity index (χ0v) is 10.2. The summed E-state index contributed by atoms with van der Waals surface area (Å²) in [6.45, 7) is 0. The molecule has 0 bridgehead atoms. The van der Waals surface area contributed by atoms with Crippen molar-refractivity contribution in [2.24, 2.45) is 0 Å². The Kier molecular flexibility index (Phi) is 3.95. The second-order valence-electron chi connectivity index (χ2n) is 3.82. The van der Waals surface area contributed by atoms with E-state index in [0.717, 1.165) is 0 Å². The molecule has 2 aromatic rings. The van der Waals surface area contributed by atoms with Gasteiger partial charge in [-0.25, -0.2) is 4.39 Å². The number of anilines is 1. The van der Waals surface area contributed by atoms with Crippen LogP contribution in [0.4, 0.5) is 10.1 Å². The van der Waals surface area contributed by atoms with E-state index in [1.807, 2.05) is 0 Å². The third-order valence-electron chi connectivity index (χ3n) is 2.44. The van der Waals surface area contributed by atoms with Crippen LogP contribution in [0.5, 0.6) is 0 Å². The molecular weight excluding hydrogens is 253 g/mol. The summed E-state index contributed by atoms with van der Waals surface area (Å²) in [5, 5.41) is 3.28. The van der Waals surface area contributed by atoms with Crippen LogP contribution in [0, 0.1) is 5.82 Å². The Hall–Kier alpha value is -1.87. The minimum absolute atomic E-state index is 0.00923. The van der Waals surface area contributed by atoms with Crippen LogP contribution in [0.15, 0.2) is 48.5 Å². The van der Waals surface area contributed by atoms with E-state index in [4.69, 9.17) is 11.6 Å². The van der Waals surface area contributed by atoms with E-state index in [1.54, 1.807) is 42.5 Å². The number of rotatable bonds is 3. The van der Waals surface area contributed by atoms with E-state index in [9.17, 15) is 9.18 Å². The molecule has 18 heavy (non-hydrogen) atoms. The fourth-order valence-corrected chi connectivity index (χ4v) is 1.68. The molecule has 0 aliphatic carbocycles. The highest BCUT2D eigenvalue weighted by Gasteiger charge is 2.07. The summed E-state index contributed by atoms with van der Waals surface area (Å²) in [6.07, 6.45) is 0.00923. The van der Waals surface area contributed by atoms with Crippen molar-refractivity contribution in [1.29, 1.82) is 0 Å². The predicted molar refractivity (Wildman–Crippen MR) is 70.2 cm³/mol. The predicted octanol–water partition coefficient (Wildman–Crippen LogP) is 3.66. The SMILES string of the molecule is O=C(Cc1ccccc1F)Nc1ccc(Cl)cc1. The number of carbonyl (C=O) groups is 1. The molecule has 0 saturated carbocycles. The van der Waals surface area contributed by atoms with Gasteiger partial charge in [0.2, 0.25) is 5.91 Å². The Morgan fingerprint density at radius 2 is 1.78 bits per heavy atom. The van der Waals surface area contributed by atoms with Gasteiger partial charge < -0.3 is 5.32 Å². The van der Waals surface area contributed by atoms with E-state index in [0.29, 0.717) is 16.3 Å². The van der Waals surface area contributed by atoms with Gasteiger partial charge in [0, 0.05) is 10.7 Å². The molecule has 0 aliphatic rings. The Bertz CT molecular complexity index is 554. The van der Waals surface area contributed by atoms with Crippen molar-refractivity contribution >= 4 is 23.2 Å². The summed E-state index contributed by atoms with van der Waals surface area (Å²) in [7, 11) is 0. The fourth-order valence-electron chi connectivity index (χ4n) is 1.55. The molecule has 2 aromatic carbocycles. The zero-order chi connectivity index (χ0) is 13.0. The number of amides is 1. The molecule has 0 spiro atoms. The lowest BCUT2D eigenvalue weighted by Gasteiger charge is -2.06. The minimum Gasteiger partial charge on any atom is -0.326 e. The van der Waals surface area contributed by atoms with Crippen molar-refractivity contribution in [1.82, 2.24) is 0 Å². The molecule has 1 N–H and O–H groups in total. The fraction of sp³-hybridized carbons (Fsp3) is 0.0714. The van der Waals surface area contributed by atoms with Crippen LogP contribution < -0.4 is 5.32 Å². The first kappa shape index (κ1) is 12.6. The Morgan fingerprint density at radius 1 is 1.11 bits per heavy atom. The van der Waals surface area contributed by atoms with E-state index in [2.05, 4.69) is 5.32 Å². The first-order valence-electron chi connectivity index (χ1n) is 5.44. The van der Waals surface area contributed by atoms with Gasteiger partial charge in [-0.2, -0.15) is 0 Å². The summed E-state index contributed by atoms with van der Waals surface area (Å²) in [5.41, 5.74) is 1.02. The first-order chi connectivity index (χ1) is 8.65. The van der Waals surface area contributed by atoms with E-state index < -0.39 is 0 Å². The molecule has 92 valence electrons. The molecule has 0 unspecified atom stereocenters. The number of nitrogens with one attached hydrogen (secondary N) is 1. The van der Waals surface area contributed by atoms with Gasteiger partial charge in [0.25, 0.3) is 0 Å². The zero-order valence-electron chi connectivity index (χ0n) is 9.49. The monoisotopic (exact) mass is 263 g/mol. The van der Waals surface area contributed by atoms with Gasteiger partial charge in [-0.1, -0.05) is 29.8 Å². The third-order valence-corrected chi connectivity index (χ3v) is 2.69. The second-order valence-corrected chi connectivity index (χ2v) is 4.26. The number of hydrogen-bond acceptors (Lipinski definition) is 1. The molecule has 2 rings (SSSR count). The van der Waals surface area contributed by atoms with Crippen molar-refractivity contribution in [2.45, 2.75) is 6.42 Å². The van der Waals surface area contributed by atoms with Crippen LogP contribution in [-0.4, -0.2) is 5.91 Å². The molecule has 4 heteroatoms. The van der Waals surface area contributed by atoms with Crippen molar-refractivity contribution in [3.05, 3.63) is 64.9 Å². The summed E-state index contributed by atoms with van der Waals surface area (Å²) in [4.78, 5) is 11.7. The highest BCUT2D eigenvalue weighted by Crippen LogP contribution is 2.14. The maximum absolute atomic E-state index is 13.3. The molecule has 0 aliphatic heterocycles. The molecule has 0 atom stereocenters. The largest absolute Gasteiger partial charge is 0.326 e. The maximum Gasteiger partial charge on any atom is 0.228 e. The number of halogens is 2. The van der Waals surface area contributed by atoms with Crippen molar-refractivity contribution < 1.29 is 9.18 Å². The Morgan fingerprint density at radius 3 is 2.44 bits per heavy atom. The first-order valence-corrected chi connectivity index (χ1v) is 5.82. The van der Waals surface area contributed by atoms with Crippen LogP contribution >= 0.6 is 11.6 Å². The van der Waals surface area contributed by atoms with Crippen LogP contribution in [0.25, 0.3) is 0 Å². The molecule has 0 fully saturated rings. The van der Waals surface area contributed by atoms with Gasteiger partial charge >= 0.3 is 0 Å². The van der Waals surface area contributed by atoms with Crippen LogP contribution in [0.1, 0.15) is 5.56 Å². The van der Waals surface area contributed by atoms with Crippen LogP contribution in [0.3, 0.4) is 0 Å². The van der Waals surface area contributed by atoms with Gasteiger partial charge in [0.05, 0.1) is 6.42 Å². The van der Waals surface area contributed by atoms with Gasteiger partial charge in [0.15, 0.2) is 0 Å². The number of carbonyl (C=O) groups excluding carboxylic acids is 1. The number of hydrogen-bond donors (Lipinski definition) is 1. The standard InChI is InChI=1S/C14H11ClFNO/c15-11-5-7-12(8-6-11)17-14(18)9-10-3-1-2-4-13(10)16/h1-8H,9H2,(H,17,18). The van der Waals surface area contributed by atoms with Gasteiger partial charge in [-0.3, -0.25) is 4.79 Å². The smallest absolute Gasteiger partial charge is 0.228 e. The number of benzene rings is 2. The topological polar surface area (TPSA) is 29.1 Å². The van der Waals surface area contributed by atoms with E-state index >= 15 is 0 Å². The molecule has 0 heterocycles. The maximum atomic E-state index is 13.3. The molecule has 0 aromatic heterocycles. The molecular formula is C14H11ClFNO. The van der Waals surface area contributed by atoms with Crippen LogP contribution in [0.2, 0.25) is 5.02 Å². The van der Waals surface area contributed by atoms with Gasteiger partial charge in [-0.15, -0.1) is 0 Å². The molecule has 0 radical (unpaired) electrons. The summed E-state index contributed by atoms with van der Waals surface area (Å²) in [5.74, 6) is -0.633. The lowest BCUT2D eigenvalue weighted by molar-refractivity contribution is -0.115. The quantitative estimate of drug-likeness (QED) is 0.900. The lowest BCUT2D eigenvalue weighted by atomic mass is 10.1. The third kappa shape index (κ3) is 3.31.